The number of azo groups is 1. The fraction of sp³-hybridized carbons (Fsp3) is 0.111. The van der Waals surface area contributed by atoms with Crippen molar-refractivity contribution < 1.29 is 9.59 Å². The van der Waals surface area contributed by atoms with Gasteiger partial charge in [-0.2, -0.15) is 10.2 Å². The Kier molecular flexibility index (Phi) is 4.86. The molecule has 0 aliphatic carbocycles. The van der Waals surface area contributed by atoms with Crippen LogP contribution in [0.15, 0.2) is 22.4 Å². The summed E-state index contributed by atoms with van der Waals surface area (Å²) in [6.45, 7) is 0. The van der Waals surface area contributed by atoms with Crippen LogP contribution in [0.4, 0.5) is 5.69 Å². The first-order valence-electron chi connectivity index (χ1n) is 4.04. The van der Waals surface area contributed by atoms with Crippen LogP contribution in [0.1, 0.15) is 0 Å². The quantitative estimate of drug-likeness (QED) is 0.481. The number of halogens is 3. The number of carbonyl (C=O) groups excluding carboxylic acids is 2. The molecule has 1 rings (SSSR count). The van der Waals surface area contributed by atoms with E-state index < -0.39 is 6.04 Å². The molecule has 0 radical (unpaired) electrons. The third-order valence-electron chi connectivity index (χ3n) is 1.55. The molecule has 0 heterocycles. The van der Waals surface area contributed by atoms with E-state index in [-0.39, 0.29) is 15.7 Å². The van der Waals surface area contributed by atoms with Gasteiger partial charge in [-0.25, -0.2) is 0 Å². The van der Waals surface area contributed by atoms with E-state index in [0.29, 0.717) is 17.6 Å². The zero-order valence-electron chi connectivity index (χ0n) is 7.73. The van der Waals surface area contributed by atoms with Crippen LogP contribution >= 0.6 is 34.8 Å². The molecule has 4 nitrogen and oxygen atoms in total. The van der Waals surface area contributed by atoms with E-state index >= 15 is 0 Å². The van der Waals surface area contributed by atoms with Crippen molar-refractivity contribution in [1.29, 1.82) is 0 Å². The molecule has 0 saturated heterocycles. The first-order chi connectivity index (χ1) is 7.58. The monoisotopic (exact) mass is 278 g/mol. The van der Waals surface area contributed by atoms with Gasteiger partial charge in [0.1, 0.15) is 5.69 Å². The Morgan fingerprint density at radius 1 is 1.06 bits per heavy atom. The second-order valence-electron chi connectivity index (χ2n) is 2.70. The lowest BCUT2D eigenvalue weighted by Crippen LogP contribution is -2.05. The maximum Gasteiger partial charge on any atom is 0.181 e. The van der Waals surface area contributed by atoms with Crippen LogP contribution in [-0.2, 0) is 9.59 Å². The summed E-state index contributed by atoms with van der Waals surface area (Å²) in [6.07, 6.45) is 0.711. The summed E-state index contributed by atoms with van der Waals surface area (Å²) in [6, 6.07) is 1.71. The van der Waals surface area contributed by atoms with Crippen molar-refractivity contribution in [1.82, 2.24) is 0 Å². The Morgan fingerprint density at radius 3 is 2.00 bits per heavy atom. The van der Waals surface area contributed by atoms with Gasteiger partial charge in [-0.1, -0.05) is 34.8 Å². The predicted octanol–water partition coefficient (Wildman–Crippen LogP) is 3.50. The van der Waals surface area contributed by atoms with Crippen molar-refractivity contribution in [3.8, 4) is 0 Å². The summed E-state index contributed by atoms with van der Waals surface area (Å²) < 4.78 is 0. The molecule has 0 fully saturated rings. The normalized spacial score (nSPS) is 11.0. The van der Waals surface area contributed by atoms with Crippen LogP contribution in [-0.4, -0.2) is 18.6 Å². The van der Waals surface area contributed by atoms with Gasteiger partial charge in [0.15, 0.2) is 18.6 Å². The molecule has 16 heavy (non-hydrogen) atoms. The molecule has 0 aliphatic rings. The molecule has 0 N–H and O–H groups in total. The van der Waals surface area contributed by atoms with Crippen molar-refractivity contribution in [3.05, 3.63) is 27.2 Å². The lowest BCUT2D eigenvalue weighted by atomic mass is 10.3. The van der Waals surface area contributed by atoms with Crippen LogP contribution in [0.25, 0.3) is 0 Å². The number of aldehydes is 2. The summed E-state index contributed by atoms with van der Waals surface area (Å²) in [5.74, 6) is 0. The van der Waals surface area contributed by atoms with Crippen LogP contribution in [0.2, 0.25) is 15.1 Å². The average Bonchev–Trinajstić information content (AvgIpc) is 2.22. The van der Waals surface area contributed by atoms with E-state index in [0.717, 1.165) is 0 Å². The first-order valence-corrected chi connectivity index (χ1v) is 5.18. The zero-order valence-corrected chi connectivity index (χ0v) is 10.00. The lowest BCUT2D eigenvalue weighted by molar-refractivity contribution is -0.116. The zero-order chi connectivity index (χ0) is 12.1. The summed E-state index contributed by atoms with van der Waals surface area (Å²) in [5, 5.41) is 7.83. The molecule has 0 unspecified atom stereocenters. The smallest absolute Gasteiger partial charge is 0.181 e. The second kappa shape index (κ2) is 5.94. The topological polar surface area (TPSA) is 58.9 Å². The molecular weight excluding hydrogens is 274 g/mol. The van der Waals surface area contributed by atoms with E-state index in [1.165, 1.54) is 12.1 Å². The van der Waals surface area contributed by atoms with E-state index in [1.54, 1.807) is 0 Å². The predicted molar refractivity (Wildman–Crippen MR) is 61.9 cm³/mol. The van der Waals surface area contributed by atoms with Gasteiger partial charge in [0.2, 0.25) is 0 Å². The standard InChI is InChI=1S/C9H5Cl3N2O2/c10-5-1-7(11)9(8(12)2-5)14-13-6(3-15)4-16/h1-4,6H. The Labute approximate surface area is 106 Å². The van der Waals surface area contributed by atoms with Gasteiger partial charge < -0.3 is 9.59 Å². The number of hydrogen-bond donors (Lipinski definition) is 0. The first kappa shape index (κ1) is 13.1. The molecule has 0 aromatic heterocycles. The fourth-order valence-corrected chi connectivity index (χ4v) is 1.73. The van der Waals surface area contributed by atoms with Crippen LogP contribution < -0.4 is 0 Å². The minimum atomic E-state index is -1.15. The molecule has 0 bridgehead atoms. The molecule has 0 spiro atoms. The molecular formula is C9H5Cl3N2O2. The second-order valence-corrected chi connectivity index (χ2v) is 3.95. The Bertz CT molecular complexity index is 417. The van der Waals surface area contributed by atoms with Crippen molar-refractivity contribution in [3.63, 3.8) is 0 Å². The highest BCUT2D eigenvalue weighted by molar-refractivity contribution is 6.41. The average molecular weight is 280 g/mol. The van der Waals surface area contributed by atoms with Crippen LogP contribution in [0.3, 0.4) is 0 Å². The van der Waals surface area contributed by atoms with Gasteiger partial charge in [0, 0.05) is 5.02 Å². The number of rotatable bonds is 4. The fourth-order valence-electron chi connectivity index (χ4n) is 0.841. The minimum Gasteiger partial charge on any atom is -0.300 e. The number of benzene rings is 1. The maximum absolute atomic E-state index is 10.3. The summed E-state index contributed by atoms with van der Waals surface area (Å²) in [5.41, 5.74) is 0.168. The summed E-state index contributed by atoms with van der Waals surface area (Å²) in [4.78, 5) is 20.6. The van der Waals surface area contributed by atoms with E-state index in [2.05, 4.69) is 10.2 Å². The van der Waals surface area contributed by atoms with Gasteiger partial charge >= 0.3 is 0 Å². The van der Waals surface area contributed by atoms with Gasteiger partial charge in [0.25, 0.3) is 0 Å². The number of hydrogen-bond acceptors (Lipinski definition) is 4. The molecule has 1 aromatic rings. The highest BCUT2D eigenvalue weighted by Crippen LogP contribution is 2.36. The Hall–Kier alpha value is -0.970. The summed E-state index contributed by atoms with van der Waals surface area (Å²) in [7, 11) is 0. The maximum atomic E-state index is 10.3. The Morgan fingerprint density at radius 2 is 1.56 bits per heavy atom. The largest absolute Gasteiger partial charge is 0.300 e. The highest BCUT2D eigenvalue weighted by atomic mass is 35.5. The summed E-state index contributed by atoms with van der Waals surface area (Å²) >= 11 is 17.3. The van der Waals surface area contributed by atoms with Crippen LogP contribution in [0, 0.1) is 0 Å². The third kappa shape index (κ3) is 3.27. The third-order valence-corrected chi connectivity index (χ3v) is 2.35. The van der Waals surface area contributed by atoms with Crippen molar-refractivity contribution in [2.45, 2.75) is 6.04 Å². The van der Waals surface area contributed by atoms with Crippen molar-refractivity contribution >= 4 is 53.1 Å². The van der Waals surface area contributed by atoms with Gasteiger partial charge in [0.05, 0.1) is 10.0 Å². The molecule has 84 valence electrons. The number of nitrogens with zero attached hydrogens (tertiary/aromatic N) is 2. The van der Waals surface area contributed by atoms with Gasteiger partial charge in [-0.05, 0) is 12.1 Å². The van der Waals surface area contributed by atoms with Crippen molar-refractivity contribution in [2.75, 3.05) is 0 Å². The van der Waals surface area contributed by atoms with Crippen molar-refractivity contribution in [2.24, 2.45) is 10.2 Å². The molecule has 0 aliphatic heterocycles. The van der Waals surface area contributed by atoms with Crippen LogP contribution in [0.5, 0.6) is 0 Å². The van der Waals surface area contributed by atoms with E-state index in [9.17, 15) is 9.59 Å². The van der Waals surface area contributed by atoms with Gasteiger partial charge in [-0.15, -0.1) is 0 Å². The molecule has 0 atom stereocenters. The van der Waals surface area contributed by atoms with Gasteiger partial charge in [-0.3, -0.25) is 0 Å². The van der Waals surface area contributed by atoms with E-state index in [4.69, 9.17) is 34.8 Å². The highest BCUT2D eigenvalue weighted by Gasteiger charge is 2.08. The molecule has 1 aromatic carbocycles. The molecule has 0 saturated carbocycles. The molecule has 7 heteroatoms. The lowest BCUT2D eigenvalue weighted by Gasteiger charge is -2.01. The number of carbonyl (C=O) groups is 2. The molecule has 0 amide bonds. The van der Waals surface area contributed by atoms with E-state index in [1.807, 2.05) is 0 Å². The minimum absolute atomic E-state index is 0.168. The Balaban J connectivity index is 3.05. The SMILES string of the molecule is O=CC(C=O)N=Nc1c(Cl)cc(Cl)cc1Cl.